The first kappa shape index (κ1) is 23.0. The molecule has 5 nitrogen and oxygen atoms in total. The molecule has 2 aromatic carbocycles. The van der Waals surface area contributed by atoms with Gasteiger partial charge in [-0.2, -0.15) is 8.42 Å². The minimum absolute atomic E-state index is 0. The third kappa shape index (κ3) is 7.29. The van der Waals surface area contributed by atoms with Crippen LogP contribution in [0.2, 0.25) is 0 Å². The van der Waals surface area contributed by atoms with E-state index in [-0.39, 0.29) is 46.0 Å². The predicted octanol–water partition coefficient (Wildman–Crippen LogP) is 1.32. The molecule has 2 aromatic rings. The summed E-state index contributed by atoms with van der Waals surface area (Å²) in [4.78, 5) is -0.235. The molecule has 0 aliphatic rings. The Morgan fingerprint density at radius 2 is 1.69 bits per heavy atom. The summed E-state index contributed by atoms with van der Waals surface area (Å²) < 4.78 is 37.1. The van der Waals surface area contributed by atoms with E-state index in [4.69, 9.17) is 9.29 Å². The monoisotopic (exact) mass is 386 g/mol. The summed E-state index contributed by atoms with van der Waals surface area (Å²) in [6, 6.07) is 10.3. The number of aryl methyl sites for hydroxylation is 1. The van der Waals surface area contributed by atoms with Gasteiger partial charge >= 0.3 is 29.6 Å². The SMILES string of the molecule is CCCCCCCc1cc(Oc2cccc(S(=O)(=O)O)c2)ccc1[O-].[Na+]. The molecule has 0 fully saturated rings. The van der Waals surface area contributed by atoms with Crippen molar-refractivity contribution in [3.05, 3.63) is 48.0 Å². The van der Waals surface area contributed by atoms with E-state index in [1.165, 1.54) is 43.5 Å². The Hall–Kier alpha value is -1.05. The van der Waals surface area contributed by atoms with E-state index >= 15 is 0 Å². The molecular weight excluding hydrogens is 363 g/mol. The van der Waals surface area contributed by atoms with Gasteiger partial charge in [-0.3, -0.25) is 4.55 Å². The molecule has 0 atom stereocenters. The van der Waals surface area contributed by atoms with Crippen molar-refractivity contribution >= 4 is 10.1 Å². The Morgan fingerprint density at radius 1 is 1.00 bits per heavy atom. The molecule has 0 amide bonds. The van der Waals surface area contributed by atoms with E-state index in [9.17, 15) is 13.5 Å². The van der Waals surface area contributed by atoms with Crippen molar-refractivity contribution in [1.29, 1.82) is 0 Å². The third-order valence-corrected chi connectivity index (χ3v) is 4.77. The molecule has 0 aromatic heterocycles. The van der Waals surface area contributed by atoms with E-state index in [0.29, 0.717) is 17.7 Å². The number of benzene rings is 2. The summed E-state index contributed by atoms with van der Waals surface area (Å²) >= 11 is 0. The van der Waals surface area contributed by atoms with E-state index in [2.05, 4.69) is 6.92 Å². The molecular formula is C19H23NaO5S. The fourth-order valence-electron chi connectivity index (χ4n) is 2.57. The first-order valence-corrected chi connectivity index (χ1v) is 9.89. The molecule has 136 valence electrons. The summed E-state index contributed by atoms with van der Waals surface area (Å²) in [6.45, 7) is 2.16. The van der Waals surface area contributed by atoms with E-state index in [1.54, 1.807) is 18.2 Å². The summed E-state index contributed by atoms with van der Waals surface area (Å²) in [7, 11) is -4.28. The minimum Gasteiger partial charge on any atom is -0.872 e. The van der Waals surface area contributed by atoms with Crippen LogP contribution in [-0.4, -0.2) is 13.0 Å². The van der Waals surface area contributed by atoms with Crippen LogP contribution < -0.4 is 39.4 Å². The van der Waals surface area contributed by atoms with Crippen LogP contribution in [0.5, 0.6) is 17.2 Å². The molecule has 0 saturated carbocycles. The van der Waals surface area contributed by atoms with Gasteiger partial charge in [0.25, 0.3) is 10.1 Å². The van der Waals surface area contributed by atoms with E-state index < -0.39 is 10.1 Å². The van der Waals surface area contributed by atoms with Crippen LogP contribution in [0.3, 0.4) is 0 Å². The van der Waals surface area contributed by atoms with Gasteiger partial charge in [0.15, 0.2) is 0 Å². The molecule has 1 N–H and O–H groups in total. The van der Waals surface area contributed by atoms with Crippen molar-refractivity contribution in [3.8, 4) is 17.2 Å². The Kier molecular flexibility index (Phi) is 9.68. The van der Waals surface area contributed by atoms with Crippen molar-refractivity contribution in [2.45, 2.75) is 50.3 Å². The van der Waals surface area contributed by atoms with Crippen molar-refractivity contribution in [1.82, 2.24) is 0 Å². The van der Waals surface area contributed by atoms with Crippen molar-refractivity contribution in [3.63, 3.8) is 0 Å². The minimum atomic E-state index is -4.28. The molecule has 0 unspecified atom stereocenters. The Bertz CT molecular complexity index is 805. The van der Waals surface area contributed by atoms with Crippen LogP contribution in [0.1, 0.15) is 44.6 Å². The first-order valence-electron chi connectivity index (χ1n) is 8.45. The quantitative estimate of drug-likeness (QED) is 0.399. The molecule has 7 heteroatoms. The van der Waals surface area contributed by atoms with Crippen molar-refractivity contribution in [2.24, 2.45) is 0 Å². The van der Waals surface area contributed by atoms with Gasteiger partial charge in [0.1, 0.15) is 11.5 Å². The topological polar surface area (TPSA) is 86.7 Å². The van der Waals surface area contributed by atoms with Crippen LogP contribution in [-0.2, 0) is 16.5 Å². The van der Waals surface area contributed by atoms with Gasteiger partial charge in [0, 0.05) is 6.07 Å². The maximum Gasteiger partial charge on any atom is 1.00 e. The Labute approximate surface area is 177 Å². The first-order chi connectivity index (χ1) is 11.9. The van der Waals surface area contributed by atoms with E-state index in [1.807, 2.05) is 0 Å². The number of ether oxygens (including phenoxy) is 1. The van der Waals surface area contributed by atoms with Crippen LogP contribution in [0.4, 0.5) is 0 Å². The van der Waals surface area contributed by atoms with Crippen LogP contribution in [0, 0.1) is 0 Å². The van der Waals surface area contributed by atoms with Crippen LogP contribution in [0.15, 0.2) is 47.4 Å². The standard InChI is InChI=1S/C19H24O5S.Na/c1-2-3-4-5-6-8-15-13-17(11-12-19(15)20)24-16-9-7-10-18(14-16)25(21,22)23;/h7,9-14,20H,2-6,8H2,1H3,(H,21,22,23);/q;+1/p-1. The Morgan fingerprint density at radius 3 is 2.38 bits per heavy atom. The van der Waals surface area contributed by atoms with Gasteiger partial charge in [0.05, 0.1) is 4.90 Å². The maximum absolute atomic E-state index is 12.0. The van der Waals surface area contributed by atoms with Gasteiger partial charge in [-0.15, -0.1) is 5.75 Å². The third-order valence-electron chi connectivity index (χ3n) is 3.92. The predicted molar refractivity (Wildman–Crippen MR) is 94.7 cm³/mol. The molecule has 0 spiro atoms. The summed E-state index contributed by atoms with van der Waals surface area (Å²) in [6.07, 6.45) is 6.30. The normalized spacial score (nSPS) is 11.0. The van der Waals surface area contributed by atoms with Gasteiger partial charge < -0.3 is 9.84 Å². The fraction of sp³-hybridized carbons (Fsp3) is 0.368. The van der Waals surface area contributed by atoms with Crippen LogP contribution in [0.25, 0.3) is 0 Å². The number of hydrogen-bond acceptors (Lipinski definition) is 4. The summed E-state index contributed by atoms with van der Waals surface area (Å²) in [5, 5.41) is 12.0. The van der Waals surface area contributed by atoms with Gasteiger partial charge in [-0.05, 0) is 37.1 Å². The molecule has 0 bridgehead atoms. The molecule has 0 aliphatic heterocycles. The molecule has 0 heterocycles. The molecule has 0 radical (unpaired) electrons. The molecule has 26 heavy (non-hydrogen) atoms. The zero-order valence-electron chi connectivity index (χ0n) is 15.3. The second-order valence-corrected chi connectivity index (χ2v) is 7.41. The van der Waals surface area contributed by atoms with Crippen molar-refractivity contribution < 1.29 is 52.4 Å². The summed E-state index contributed by atoms with van der Waals surface area (Å²) in [5.41, 5.74) is 0.694. The molecule has 0 saturated heterocycles. The number of rotatable bonds is 9. The largest absolute Gasteiger partial charge is 1.00 e. The molecule has 2 rings (SSSR count). The average molecular weight is 386 g/mol. The van der Waals surface area contributed by atoms with Gasteiger partial charge in [0.2, 0.25) is 0 Å². The van der Waals surface area contributed by atoms with E-state index in [0.717, 1.165) is 12.8 Å². The maximum atomic E-state index is 12.0. The zero-order valence-corrected chi connectivity index (χ0v) is 18.1. The van der Waals surface area contributed by atoms with Gasteiger partial charge in [-0.1, -0.05) is 50.3 Å². The molecule has 0 aliphatic carbocycles. The zero-order chi connectivity index (χ0) is 18.3. The second kappa shape index (κ2) is 10.9. The Balaban J connectivity index is 0.00000338. The van der Waals surface area contributed by atoms with Gasteiger partial charge in [-0.25, -0.2) is 0 Å². The number of unbranched alkanes of at least 4 members (excludes halogenated alkanes) is 4. The smallest absolute Gasteiger partial charge is 0.872 e. The average Bonchev–Trinajstić information content (AvgIpc) is 2.57. The number of hydrogen-bond donors (Lipinski definition) is 1. The summed E-state index contributed by atoms with van der Waals surface area (Å²) in [5.74, 6) is 0.729. The van der Waals surface area contributed by atoms with Crippen LogP contribution >= 0.6 is 0 Å². The second-order valence-electron chi connectivity index (χ2n) is 5.99. The van der Waals surface area contributed by atoms with Crippen molar-refractivity contribution in [2.75, 3.05) is 0 Å². The fourth-order valence-corrected chi connectivity index (χ4v) is 3.08.